The number of aromatic nitrogens is 3. The predicted octanol–water partition coefficient (Wildman–Crippen LogP) is 2.71. The van der Waals surface area contributed by atoms with Crippen LogP contribution in [0.4, 0.5) is 5.69 Å². The van der Waals surface area contributed by atoms with E-state index >= 15 is 0 Å². The molecule has 1 amide bonds. The van der Waals surface area contributed by atoms with E-state index in [2.05, 4.69) is 31.3 Å². The minimum Gasteiger partial charge on any atom is -0.324 e. The Bertz CT molecular complexity index is 908. The second-order valence-corrected chi connectivity index (χ2v) is 5.92. The number of carbonyl (C=O) groups is 1. The van der Waals surface area contributed by atoms with Gasteiger partial charge >= 0.3 is 5.69 Å². The summed E-state index contributed by atoms with van der Waals surface area (Å²) in [6.07, 6.45) is 1.48. The minimum atomic E-state index is -0.567. The Morgan fingerprint density at radius 1 is 1.08 bits per heavy atom. The summed E-state index contributed by atoms with van der Waals surface area (Å²) in [5, 5.41) is 6.73. The first-order chi connectivity index (χ1) is 11.6. The Hall–Kier alpha value is -2.80. The molecular formula is C17H13BrN4O2. The van der Waals surface area contributed by atoms with E-state index < -0.39 is 5.69 Å². The lowest BCUT2D eigenvalue weighted by molar-refractivity contribution is -0.117. The van der Waals surface area contributed by atoms with Crippen LogP contribution in [-0.4, -0.2) is 20.7 Å². The molecule has 1 heterocycles. The van der Waals surface area contributed by atoms with Gasteiger partial charge in [0.15, 0.2) is 0 Å². The summed E-state index contributed by atoms with van der Waals surface area (Å²) in [5.74, 6) is -0.346. The van der Waals surface area contributed by atoms with Crippen LogP contribution < -0.4 is 11.0 Å². The summed E-state index contributed by atoms with van der Waals surface area (Å²) in [4.78, 5) is 28.0. The van der Waals surface area contributed by atoms with Gasteiger partial charge in [-0.1, -0.05) is 46.3 Å². The van der Waals surface area contributed by atoms with Crippen molar-refractivity contribution in [2.75, 3.05) is 5.32 Å². The standard InChI is InChI=1S/C17H13BrN4O2/c18-13-6-8-14(9-7-13)20-16(23)11-22-17(24)21-15(10-19-22)12-4-2-1-3-5-12/h1-10H,11H2,(H,20,23). The average molecular weight is 385 g/mol. The van der Waals surface area contributed by atoms with E-state index in [1.165, 1.54) is 6.20 Å². The number of rotatable bonds is 4. The first-order valence-electron chi connectivity index (χ1n) is 7.17. The number of carbonyl (C=O) groups excluding carboxylic acids is 1. The second-order valence-electron chi connectivity index (χ2n) is 5.00. The monoisotopic (exact) mass is 384 g/mol. The molecule has 0 unspecified atom stereocenters. The molecular weight excluding hydrogens is 372 g/mol. The van der Waals surface area contributed by atoms with E-state index in [-0.39, 0.29) is 12.5 Å². The third kappa shape index (κ3) is 3.94. The van der Waals surface area contributed by atoms with Gasteiger partial charge < -0.3 is 5.32 Å². The molecule has 0 atom stereocenters. The molecule has 2 aromatic carbocycles. The largest absolute Gasteiger partial charge is 0.365 e. The zero-order chi connectivity index (χ0) is 16.9. The lowest BCUT2D eigenvalue weighted by Crippen LogP contribution is -2.31. The molecule has 0 fully saturated rings. The van der Waals surface area contributed by atoms with Crippen molar-refractivity contribution in [3.63, 3.8) is 0 Å². The van der Waals surface area contributed by atoms with E-state index in [0.29, 0.717) is 11.4 Å². The first kappa shape index (κ1) is 16.1. The molecule has 0 aliphatic heterocycles. The van der Waals surface area contributed by atoms with Crippen molar-refractivity contribution in [3.8, 4) is 11.3 Å². The number of hydrogen-bond donors (Lipinski definition) is 1. The molecule has 0 bridgehead atoms. The van der Waals surface area contributed by atoms with Gasteiger partial charge in [-0.2, -0.15) is 10.1 Å². The highest BCUT2D eigenvalue weighted by molar-refractivity contribution is 9.10. The Morgan fingerprint density at radius 3 is 2.46 bits per heavy atom. The quantitative estimate of drug-likeness (QED) is 0.749. The van der Waals surface area contributed by atoms with Crippen molar-refractivity contribution < 1.29 is 4.79 Å². The van der Waals surface area contributed by atoms with Crippen LogP contribution in [0.2, 0.25) is 0 Å². The fraction of sp³-hybridized carbons (Fsp3) is 0.0588. The van der Waals surface area contributed by atoms with Crippen molar-refractivity contribution in [1.82, 2.24) is 14.8 Å². The molecule has 1 N–H and O–H groups in total. The topological polar surface area (TPSA) is 76.9 Å². The normalized spacial score (nSPS) is 10.4. The van der Waals surface area contributed by atoms with Crippen molar-refractivity contribution >= 4 is 27.5 Å². The molecule has 24 heavy (non-hydrogen) atoms. The van der Waals surface area contributed by atoms with Crippen LogP contribution in [0.1, 0.15) is 0 Å². The lowest BCUT2D eigenvalue weighted by Gasteiger charge is -2.07. The highest BCUT2D eigenvalue weighted by atomic mass is 79.9. The molecule has 7 heteroatoms. The molecule has 0 aliphatic rings. The van der Waals surface area contributed by atoms with Crippen LogP contribution in [0.25, 0.3) is 11.3 Å². The smallest absolute Gasteiger partial charge is 0.324 e. The van der Waals surface area contributed by atoms with Gasteiger partial charge in [0.05, 0.1) is 11.9 Å². The maximum atomic E-state index is 12.0. The van der Waals surface area contributed by atoms with Crippen molar-refractivity contribution in [1.29, 1.82) is 0 Å². The van der Waals surface area contributed by atoms with E-state index in [1.54, 1.807) is 12.1 Å². The number of nitrogens with zero attached hydrogens (tertiary/aromatic N) is 3. The average Bonchev–Trinajstić information content (AvgIpc) is 2.59. The first-order valence-corrected chi connectivity index (χ1v) is 7.96. The van der Waals surface area contributed by atoms with Gasteiger partial charge in [0.25, 0.3) is 0 Å². The van der Waals surface area contributed by atoms with E-state index in [1.807, 2.05) is 42.5 Å². The summed E-state index contributed by atoms with van der Waals surface area (Å²) in [5.41, 5.74) is 1.35. The summed E-state index contributed by atoms with van der Waals surface area (Å²) in [7, 11) is 0. The zero-order valence-corrected chi connectivity index (χ0v) is 14.1. The van der Waals surface area contributed by atoms with Crippen molar-refractivity contribution in [3.05, 3.63) is 75.8 Å². The fourth-order valence-electron chi connectivity index (χ4n) is 2.09. The van der Waals surface area contributed by atoms with Gasteiger partial charge in [-0.3, -0.25) is 4.79 Å². The molecule has 0 aliphatic carbocycles. The molecule has 0 spiro atoms. The van der Waals surface area contributed by atoms with Gasteiger partial charge in [-0.15, -0.1) is 0 Å². The molecule has 3 rings (SSSR count). The number of nitrogens with one attached hydrogen (secondary N) is 1. The molecule has 0 saturated carbocycles. The van der Waals surface area contributed by atoms with Gasteiger partial charge in [-0.25, -0.2) is 9.48 Å². The molecule has 3 aromatic rings. The fourth-order valence-corrected chi connectivity index (χ4v) is 2.35. The second kappa shape index (κ2) is 7.18. The molecule has 6 nitrogen and oxygen atoms in total. The summed E-state index contributed by atoms with van der Waals surface area (Å²) in [6.45, 7) is -0.197. The molecule has 1 aromatic heterocycles. The van der Waals surface area contributed by atoms with Crippen molar-refractivity contribution in [2.24, 2.45) is 0 Å². The van der Waals surface area contributed by atoms with Crippen LogP contribution in [0, 0.1) is 0 Å². The van der Waals surface area contributed by atoms with Crippen LogP contribution in [-0.2, 0) is 11.3 Å². The molecule has 0 radical (unpaired) electrons. The summed E-state index contributed by atoms with van der Waals surface area (Å²) < 4.78 is 1.94. The molecule has 120 valence electrons. The van der Waals surface area contributed by atoms with Crippen LogP contribution in [0.3, 0.4) is 0 Å². The highest BCUT2D eigenvalue weighted by Gasteiger charge is 2.09. The third-order valence-corrected chi connectivity index (χ3v) is 3.78. The Kier molecular flexibility index (Phi) is 4.81. The van der Waals surface area contributed by atoms with E-state index in [4.69, 9.17) is 0 Å². The maximum Gasteiger partial charge on any atom is 0.365 e. The van der Waals surface area contributed by atoms with Crippen LogP contribution in [0.5, 0.6) is 0 Å². The van der Waals surface area contributed by atoms with Gasteiger partial charge in [0, 0.05) is 15.7 Å². The van der Waals surface area contributed by atoms with E-state index in [0.717, 1.165) is 14.7 Å². The Balaban J connectivity index is 1.72. The van der Waals surface area contributed by atoms with Gasteiger partial charge in [-0.05, 0) is 24.3 Å². The zero-order valence-electron chi connectivity index (χ0n) is 12.5. The van der Waals surface area contributed by atoms with Gasteiger partial charge in [0.1, 0.15) is 6.54 Å². The Morgan fingerprint density at radius 2 is 1.79 bits per heavy atom. The summed E-state index contributed by atoms with van der Waals surface area (Å²) >= 11 is 3.32. The van der Waals surface area contributed by atoms with Gasteiger partial charge in [0.2, 0.25) is 5.91 Å². The predicted molar refractivity (Wildman–Crippen MR) is 94.5 cm³/mol. The highest BCUT2D eigenvalue weighted by Crippen LogP contribution is 2.14. The SMILES string of the molecule is O=C(Cn1ncc(-c2ccccc2)nc1=O)Nc1ccc(Br)cc1. The molecule has 0 saturated heterocycles. The number of hydrogen-bond acceptors (Lipinski definition) is 4. The Labute approximate surface area is 146 Å². The maximum absolute atomic E-state index is 12.0. The minimum absolute atomic E-state index is 0.197. The number of benzene rings is 2. The summed E-state index contributed by atoms with van der Waals surface area (Å²) in [6, 6.07) is 16.4. The van der Waals surface area contributed by atoms with Crippen LogP contribution in [0.15, 0.2) is 70.1 Å². The third-order valence-electron chi connectivity index (χ3n) is 3.25. The van der Waals surface area contributed by atoms with E-state index in [9.17, 15) is 9.59 Å². The van der Waals surface area contributed by atoms with Crippen LogP contribution >= 0.6 is 15.9 Å². The number of halogens is 1. The van der Waals surface area contributed by atoms with Crippen molar-refractivity contribution in [2.45, 2.75) is 6.54 Å². The lowest BCUT2D eigenvalue weighted by atomic mass is 10.2. The number of amides is 1. The number of anilines is 1.